The van der Waals surface area contributed by atoms with E-state index >= 15 is 0 Å². The summed E-state index contributed by atoms with van der Waals surface area (Å²) in [6.45, 7) is 6.59. The minimum atomic E-state index is -0.495. The van der Waals surface area contributed by atoms with Crippen LogP contribution in [0.5, 0.6) is 5.75 Å². The molecule has 0 aromatic heterocycles. The molecular formula is C28H38N2O3. The molecule has 1 fully saturated rings. The molecule has 3 rings (SSSR count). The van der Waals surface area contributed by atoms with Gasteiger partial charge >= 0.3 is 0 Å². The highest BCUT2D eigenvalue weighted by Gasteiger charge is 2.30. The van der Waals surface area contributed by atoms with Gasteiger partial charge in [-0.05, 0) is 48.8 Å². The number of carbonyl (C=O) groups excluding carboxylic acids is 2. The third-order valence-electron chi connectivity index (χ3n) is 6.46. The van der Waals surface area contributed by atoms with E-state index in [1.165, 1.54) is 0 Å². The Morgan fingerprint density at radius 3 is 2.36 bits per heavy atom. The SMILES string of the molecule is CC[C@@H](C(=O)NC1CCCC1)N(CCc1ccccc1)C(=O)COc1ccccc1C(C)C. The Kier molecular flexibility index (Phi) is 9.35. The van der Waals surface area contributed by atoms with Gasteiger partial charge in [0.05, 0.1) is 0 Å². The molecule has 0 heterocycles. The largest absolute Gasteiger partial charge is 0.483 e. The minimum Gasteiger partial charge on any atom is -0.483 e. The van der Waals surface area contributed by atoms with Crippen LogP contribution in [-0.4, -0.2) is 41.9 Å². The first-order valence-electron chi connectivity index (χ1n) is 12.3. The van der Waals surface area contributed by atoms with Crippen molar-refractivity contribution in [3.05, 3.63) is 65.7 Å². The molecule has 2 amide bonds. The molecule has 0 bridgehead atoms. The molecule has 0 radical (unpaired) electrons. The lowest BCUT2D eigenvalue weighted by atomic mass is 10.0. The number of nitrogens with one attached hydrogen (secondary N) is 1. The Bertz CT molecular complexity index is 891. The van der Waals surface area contributed by atoms with Crippen molar-refractivity contribution < 1.29 is 14.3 Å². The van der Waals surface area contributed by atoms with Crippen molar-refractivity contribution >= 4 is 11.8 Å². The lowest BCUT2D eigenvalue weighted by Crippen LogP contribution is -2.53. The van der Waals surface area contributed by atoms with E-state index in [0.717, 1.165) is 42.6 Å². The third-order valence-corrected chi connectivity index (χ3v) is 6.46. The van der Waals surface area contributed by atoms with Gasteiger partial charge in [0.2, 0.25) is 5.91 Å². The molecule has 0 aliphatic heterocycles. The van der Waals surface area contributed by atoms with E-state index < -0.39 is 6.04 Å². The van der Waals surface area contributed by atoms with Gasteiger partial charge in [-0.15, -0.1) is 0 Å². The van der Waals surface area contributed by atoms with Crippen LogP contribution in [0, 0.1) is 0 Å². The van der Waals surface area contributed by atoms with E-state index in [1.54, 1.807) is 4.90 Å². The van der Waals surface area contributed by atoms with Crippen LogP contribution in [-0.2, 0) is 16.0 Å². The van der Waals surface area contributed by atoms with Gasteiger partial charge in [0.1, 0.15) is 11.8 Å². The van der Waals surface area contributed by atoms with Crippen molar-refractivity contribution in [2.75, 3.05) is 13.2 Å². The molecule has 5 nitrogen and oxygen atoms in total. The number of hydrogen-bond donors (Lipinski definition) is 1. The summed E-state index contributed by atoms with van der Waals surface area (Å²) in [4.78, 5) is 28.3. The van der Waals surface area contributed by atoms with Crippen LogP contribution in [0.1, 0.15) is 69.9 Å². The lowest BCUT2D eigenvalue weighted by Gasteiger charge is -2.31. The van der Waals surface area contributed by atoms with Crippen molar-refractivity contribution in [2.24, 2.45) is 0 Å². The number of benzene rings is 2. The molecular weight excluding hydrogens is 412 g/mol. The van der Waals surface area contributed by atoms with Gasteiger partial charge in [-0.3, -0.25) is 9.59 Å². The van der Waals surface area contributed by atoms with Crippen LogP contribution in [0.25, 0.3) is 0 Å². The molecule has 1 saturated carbocycles. The number of rotatable bonds is 11. The molecule has 1 aliphatic carbocycles. The first-order valence-corrected chi connectivity index (χ1v) is 12.3. The monoisotopic (exact) mass is 450 g/mol. The van der Waals surface area contributed by atoms with Gasteiger partial charge in [-0.25, -0.2) is 0 Å². The van der Waals surface area contributed by atoms with Crippen molar-refractivity contribution in [2.45, 2.75) is 77.3 Å². The smallest absolute Gasteiger partial charge is 0.261 e. The zero-order valence-corrected chi connectivity index (χ0v) is 20.3. The Morgan fingerprint density at radius 1 is 1.03 bits per heavy atom. The van der Waals surface area contributed by atoms with E-state index in [-0.39, 0.29) is 24.5 Å². The van der Waals surface area contributed by atoms with E-state index in [9.17, 15) is 9.59 Å². The highest BCUT2D eigenvalue weighted by Crippen LogP contribution is 2.26. The lowest BCUT2D eigenvalue weighted by molar-refractivity contribution is -0.142. The fraction of sp³-hybridized carbons (Fsp3) is 0.500. The first-order chi connectivity index (χ1) is 16.0. The summed E-state index contributed by atoms with van der Waals surface area (Å²) in [5, 5.41) is 3.19. The van der Waals surface area contributed by atoms with Crippen LogP contribution < -0.4 is 10.1 Å². The quantitative estimate of drug-likeness (QED) is 0.518. The molecule has 5 heteroatoms. The van der Waals surface area contributed by atoms with Gasteiger partial charge in [-0.1, -0.05) is 82.1 Å². The van der Waals surface area contributed by atoms with Crippen LogP contribution in [0.4, 0.5) is 0 Å². The third kappa shape index (κ3) is 7.08. The normalized spacial score (nSPS) is 14.8. The average molecular weight is 451 g/mol. The molecule has 0 saturated heterocycles. The van der Waals surface area contributed by atoms with E-state index in [1.807, 2.05) is 49.4 Å². The topological polar surface area (TPSA) is 58.6 Å². The number of carbonyl (C=O) groups is 2. The van der Waals surface area contributed by atoms with Crippen molar-refractivity contribution in [3.8, 4) is 5.75 Å². The van der Waals surface area contributed by atoms with Crippen molar-refractivity contribution in [3.63, 3.8) is 0 Å². The van der Waals surface area contributed by atoms with Gasteiger partial charge in [0.15, 0.2) is 6.61 Å². The summed E-state index contributed by atoms with van der Waals surface area (Å²) >= 11 is 0. The summed E-state index contributed by atoms with van der Waals surface area (Å²) in [6, 6.07) is 17.7. The number of amides is 2. The molecule has 1 N–H and O–H groups in total. The first kappa shape index (κ1) is 24.8. The number of para-hydroxylation sites is 1. The van der Waals surface area contributed by atoms with E-state index in [0.29, 0.717) is 25.3 Å². The predicted molar refractivity (Wildman–Crippen MR) is 132 cm³/mol. The molecule has 1 aliphatic rings. The highest BCUT2D eigenvalue weighted by molar-refractivity contribution is 5.88. The highest BCUT2D eigenvalue weighted by atomic mass is 16.5. The van der Waals surface area contributed by atoms with Crippen LogP contribution >= 0.6 is 0 Å². The molecule has 33 heavy (non-hydrogen) atoms. The Hall–Kier alpha value is -2.82. The summed E-state index contributed by atoms with van der Waals surface area (Å²) in [7, 11) is 0. The molecule has 178 valence electrons. The second-order valence-electron chi connectivity index (χ2n) is 9.22. The molecule has 2 aromatic rings. The molecule has 0 spiro atoms. The van der Waals surface area contributed by atoms with Gasteiger partial charge in [0.25, 0.3) is 5.91 Å². The Labute approximate surface area is 198 Å². The molecule has 0 unspecified atom stereocenters. The summed E-state index contributed by atoms with van der Waals surface area (Å²) in [5.74, 6) is 0.824. The maximum atomic E-state index is 13.4. The summed E-state index contributed by atoms with van der Waals surface area (Å²) < 4.78 is 5.98. The standard InChI is InChI=1S/C28H38N2O3/c1-4-25(28(32)29-23-14-8-9-15-23)30(19-18-22-12-6-5-7-13-22)27(31)20-33-26-17-11-10-16-24(26)21(2)3/h5-7,10-13,16-17,21,23,25H,4,8-9,14-15,18-20H2,1-3H3,(H,29,32)/t25-/m0/s1. The van der Waals surface area contributed by atoms with E-state index in [4.69, 9.17) is 4.74 Å². The van der Waals surface area contributed by atoms with Crippen LogP contribution in [0.15, 0.2) is 54.6 Å². The fourth-order valence-electron chi connectivity index (χ4n) is 4.57. The van der Waals surface area contributed by atoms with Gasteiger partial charge in [0, 0.05) is 12.6 Å². The predicted octanol–water partition coefficient (Wildman–Crippen LogP) is 5.10. The summed E-state index contributed by atoms with van der Waals surface area (Å²) in [6.07, 6.45) is 5.62. The van der Waals surface area contributed by atoms with Gasteiger partial charge in [-0.2, -0.15) is 0 Å². The second kappa shape index (κ2) is 12.4. The zero-order chi connectivity index (χ0) is 23.6. The summed E-state index contributed by atoms with van der Waals surface area (Å²) in [5.41, 5.74) is 2.22. The van der Waals surface area contributed by atoms with E-state index in [2.05, 4.69) is 31.3 Å². The van der Waals surface area contributed by atoms with Crippen LogP contribution in [0.3, 0.4) is 0 Å². The maximum absolute atomic E-state index is 13.4. The Balaban J connectivity index is 1.73. The molecule has 1 atom stereocenters. The average Bonchev–Trinajstić information content (AvgIpc) is 3.33. The Morgan fingerprint density at radius 2 is 1.70 bits per heavy atom. The van der Waals surface area contributed by atoms with Crippen molar-refractivity contribution in [1.82, 2.24) is 10.2 Å². The van der Waals surface area contributed by atoms with Crippen LogP contribution in [0.2, 0.25) is 0 Å². The van der Waals surface area contributed by atoms with Crippen molar-refractivity contribution in [1.29, 1.82) is 0 Å². The van der Waals surface area contributed by atoms with Gasteiger partial charge < -0.3 is 15.0 Å². The molecule has 2 aromatic carbocycles. The zero-order valence-electron chi connectivity index (χ0n) is 20.3. The number of ether oxygens (including phenoxy) is 1. The fourth-order valence-corrected chi connectivity index (χ4v) is 4.57. The maximum Gasteiger partial charge on any atom is 0.261 e. The minimum absolute atomic E-state index is 0.0478. The second-order valence-corrected chi connectivity index (χ2v) is 9.22. The number of hydrogen-bond acceptors (Lipinski definition) is 3. The number of nitrogens with zero attached hydrogens (tertiary/aromatic N) is 1.